The lowest BCUT2D eigenvalue weighted by molar-refractivity contribution is 0.232. The summed E-state index contributed by atoms with van der Waals surface area (Å²) in [4.78, 5) is 0. The van der Waals surface area contributed by atoms with Crippen molar-refractivity contribution in [3.8, 4) is 0 Å². The van der Waals surface area contributed by atoms with Crippen LogP contribution < -0.4 is 0 Å². The Kier molecular flexibility index (Phi) is 4.48. The largest absolute Gasteiger partial charge is 0.379 e. The highest BCUT2D eigenvalue weighted by Gasteiger charge is 2.20. The Bertz CT molecular complexity index is 706. The van der Waals surface area contributed by atoms with Crippen LogP contribution in [0.25, 0.3) is 5.57 Å². The van der Waals surface area contributed by atoms with E-state index < -0.39 is 0 Å². The molecule has 1 aliphatic rings. The number of aryl methyl sites for hydroxylation is 2. The average Bonchev–Trinajstić information content (AvgIpc) is 2.64. The van der Waals surface area contributed by atoms with Gasteiger partial charge in [0.2, 0.25) is 0 Å². The van der Waals surface area contributed by atoms with E-state index in [1.807, 2.05) is 6.07 Å². The fourth-order valence-electron chi connectivity index (χ4n) is 2.90. The number of benzene rings is 2. The van der Waals surface area contributed by atoms with Crippen molar-refractivity contribution in [2.45, 2.75) is 12.8 Å². The highest BCUT2D eigenvalue weighted by molar-refractivity contribution is 9.11. The minimum atomic E-state index is 0.561. The van der Waals surface area contributed by atoms with E-state index in [0.29, 0.717) is 6.61 Å². The van der Waals surface area contributed by atoms with Gasteiger partial charge in [0, 0.05) is 22.2 Å². The van der Waals surface area contributed by atoms with Crippen LogP contribution in [0.2, 0.25) is 5.02 Å². The molecule has 0 heterocycles. The molecule has 0 radical (unpaired) electrons. The van der Waals surface area contributed by atoms with E-state index in [1.54, 1.807) is 7.11 Å². The zero-order valence-corrected chi connectivity index (χ0v) is 14.2. The molecule has 2 aromatic carbocycles. The lowest BCUT2D eigenvalue weighted by Gasteiger charge is -2.15. The Balaban J connectivity index is 2.27. The minimum absolute atomic E-state index is 0.561. The quantitative estimate of drug-likeness (QED) is 0.709. The van der Waals surface area contributed by atoms with Gasteiger partial charge in [-0.3, -0.25) is 0 Å². The van der Waals surface area contributed by atoms with Gasteiger partial charge in [-0.25, -0.2) is 0 Å². The van der Waals surface area contributed by atoms with Gasteiger partial charge < -0.3 is 4.74 Å². The molecule has 21 heavy (non-hydrogen) atoms. The van der Waals surface area contributed by atoms with Crippen LogP contribution >= 0.6 is 27.5 Å². The molecule has 0 N–H and O–H groups in total. The standard InChI is InChI=1S/C18H16BrClO/c1-21-11-17(19)18-15-5-3-2-4-12(15)6-7-13-10-14(20)8-9-16(13)18/h2-5,8-10H,6-7,11H2,1H3/b18-17-. The molecule has 0 bridgehead atoms. The normalized spacial score (nSPS) is 16.0. The molecule has 0 fully saturated rings. The molecule has 2 aromatic rings. The molecule has 0 amide bonds. The van der Waals surface area contributed by atoms with Crippen molar-refractivity contribution in [3.63, 3.8) is 0 Å². The maximum absolute atomic E-state index is 6.18. The summed E-state index contributed by atoms with van der Waals surface area (Å²) in [6.07, 6.45) is 2.03. The molecule has 0 saturated carbocycles. The van der Waals surface area contributed by atoms with Crippen LogP contribution in [0, 0.1) is 0 Å². The van der Waals surface area contributed by atoms with Crippen molar-refractivity contribution in [2.75, 3.05) is 13.7 Å². The van der Waals surface area contributed by atoms with E-state index in [-0.39, 0.29) is 0 Å². The maximum Gasteiger partial charge on any atom is 0.0784 e. The van der Waals surface area contributed by atoms with E-state index in [2.05, 4.69) is 52.3 Å². The highest BCUT2D eigenvalue weighted by Crippen LogP contribution is 2.38. The smallest absolute Gasteiger partial charge is 0.0784 e. The third-order valence-electron chi connectivity index (χ3n) is 3.83. The van der Waals surface area contributed by atoms with E-state index >= 15 is 0 Å². The molecule has 3 rings (SSSR count). The van der Waals surface area contributed by atoms with Crippen molar-refractivity contribution in [2.24, 2.45) is 0 Å². The van der Waals surface area contributed by atoms with Crippen LogP contribution in [-0.2, 0) is 17.6 Å². The summed E-state index contributed by atoms with van der Waals surface area (Å²) in [5.74, 6) is 0. The second kappa shape index (κ2) is 6.35. The number of hydrogen-bond acceptors (Lipinski definition) is 1. The molecule has 0 unspecified atom stereocenters. The lowest BCUT2D eigenvalue weighted by Crippen LogP contribution is -1.98. The number of methoxy groups -OCH3 is 1. The van der Waals surface area contributed by atoms with Crippen molar-refractivity contribution in [1.82, 2.24) is 0 Å². The Hall–Kier alpha value is -1.09. The van der Waals surface area contributed by atoms with Crippen LogP contribution in [-0.4, -0.2) is 13.7 Å². The summed E-state index contributed by atoms with van der Waals surface area (Å²) in [6, 6.07) is 14.7. The summed E-state index contributed by atoms with van der Waals surface area (Å²) in [5, 5.41) is 0.793. The maximum atomic E-state index is 6.18. The van der Waals surface area contributed by atoms with Gasteiger partial charge in [0.05, 0.1) is 6.61 Å². The van der Waals surface area contributed by atoms with Crippen LogP contribution in [0.15, 0.2) is 46.9 Å². The summed E-state index contributed by atoms with van der Waals surface area (Å²) < 4.78 is 6.39. The molecule has 0 saturated heterocycles. The van der Waals surface area contributed by atoms with Gasteiger partial charge in [0.25, 0.3) is 0 Å². The van der Waals surface area contributed by atoms with Crippen LogP contribution in [0.3, 0.4) is 0 Å². The summed E-state index contributed by atoms with van der Waals surface area (Å²) in [6.45, 7) is 0.561. The molecule has 0 aromatic heterocycles. The lowest BCUT2D eigenvalue weighted by atomic mass is 9.94. The zero-order chi connectivity index (χ0) is 14.8. The third kappa shape index (κ3) is 2.94. The van der Waals surface area contributed by atoms with Crippen LogP contribution in [0.5, 0.6) is 0 Å². The zero-order valence-electron chi connectivity index (χ0n) is 11.8. The topological polar surface area (TPSA) is 9.23 Å². The van der Waals surface area contributed by atoms with Gasteiger partial charge in [-0.2, -0.15) is 0 Å². The average molecular weight is 364 g/mol. The number of ether oxygens (including phenoxy) is 1. The number of hydrogen-bond donors (Lipinski definition) is 0. The van der Waals surface area contributed by atoms with Gasteiger partial charge in [-0.1, -0.05) is 57.9 Å². The van der Waals surface area contributed by atoms with Crippen LogP contribution in [0.1, 0.15) is 22.3 Å². The first-order valence-electron chi connectivity index (χ1n) is 6.95. The molecule has 1 aliphatic carbocycles. The second-order valence-electron chi connectivity index (χ2n) is 5.17. The molecule has 0 spiro atoms. The van der Waals surface area contributed by atoms with E-state index in [1.165, 1.54) is 27.8 Å². The first-order chi connectivity index (χ1) is 10.2. The molecule has 1 nitrogen and oxygen atoms in total. The number of rotatable bonds is 2. The molecule has 0 aliphatic heterocycles. The fourth-order valence-corrected chi connectivity index (χ4v) is 3.75. The Morgan fingerprint density at radius 3 is 2.62 bits per heavy atom. The van der Waals surface area contributed by atoms with E-state index in [0.717, 1.165) is 22.3 Å². The van der Waals surface area contributed by atoms with Crippen molar-refractivity contribution in [3.05, 3.63) is 74.2 Å². The van der Waals surface area contributed by atoms with Crippen LogP contribution in [0.4, 0.5) is 0 Å². The van der Waals surface area contributed by atoms with Gasteiger partial charge in [-0.15, -0.1) is 0 Å². The first-order valence-corrected chi connectivity index (χ1v) is 8.12. The summed E-state index contributed by atoms with van der Waals surface area (Å²) in [7, 11) is 1.72. The Morgan fingerprint density at radius 2 is 1.81 bits per heavy atom. The molecule has 108 valence electrons. The molecular weight excluding hydrogens is 348 g/mol. The molecule has 0 atom stereocenters. The van der Waals surface area contributed by atoms with Crippen molar-refractivity contribution >= 4 is 33.1 Å². The molecular formula is C18H16BrClO. The third-order valence-corrected chi connectivity index (χ3v) is 4.69. The van der Waals surface area contributed by atoms with E-state index in [4.69, 9.17) is 16.3 Å². The number of halogens is 2. The fraction of sp³-hybridized carbons (Fsp3) is 0.222. The summed E-state index contributed by atoms with van der Waals surface area (Å²) >= 11 is 9.89. The second-order valence-corrected chi connectivity index (χ2v) is 6.57. The SMILES string of the molecule is COC/C(Br)=C1\c2ccccc2CCc2cc(Cl)ccc21. The monoisotopic (exact) mass is 362 g/mol. The number of fused-ring (bicyclic) bond motifs is 2. The van der Waals surface area contributed by atoms with Crippen molar-refractivity contribution < 1.29 is 4.74 Å². The summed E-state index contributed by atoms with van der Waals surface area (Å²) in [5.41, 5.74) is 6.40. The van der Waals surface area contributed by atoms with E-state index in [9.17, 15) is 0 Å². The van der Waals surface area contributed by atoms with Crippen molar-refractivity contribution in [1.29, 1.82) is 0 Å². The van der Waals surface area contributed by atoms with Gasteiger partial charge in [0.1, 0.15) is 0 Å². The first kappa shape index (κ1) is 14.8. The predicted molar refractivity (Wildman–Crippen MR) is 92.1 cm³/mol. The van der Waals surface area contributed by atoms with Gasteiger partial charge >= 0.3 is 0 Å². The Labute approximate surface area is 138 Å². The molecule has 3 heteroatoms. The minimum Gasteiger partial charge on any atom is -0.379 e. The van der Waals surface area contributed by atoms with Gasteiger partial charge in [0.15, 0.2) is 0 Å². The Morgan fingerprint density at radius 1 is 1.10 bits per heavy atom. The van der Waals surface area contributed by atoms with Gasteiger partial charge in [-0.05, 0) is 47.2 Å². The predicted octanol–water partition coefficient (Wildman–Crippen LogP) is 5.24. The highest BCUT2D eigenvalue weighted by atomic mass is 79.9.